The van der Waals surface area contributed by atoms with Gasteiger partial charge in [0.1, 0.15) is 0 Å². The summed E-state index contributed by atoms with van der Waals surface area (Å²) in [5.74, 6) is 0. The fourth-order valence-corrected chi connectivity index (χ4v) is 4.16. The minimum absolute atomic E-state index is 0.275. The molecule has 0 aliphatic carbocycles. The van der Waals surface area contributed by atoms with Crippen molar-refractivity contribution in [2.75, 3.05) is 26.8 Å². The van der Waals surface area contributed by atoms with Gasteiger partial charge in [-0.3, -0.25) is 0 Å². The molecule has 1 aromatic carbocycles. The number of benzene rings is 1. The second-order valence-corrected chi connectivity index (χ2v) is 6.53. The van der Waals surface area contributed by atoms with Gasteiger partial charge in [0.15, 0.2) is 0 Å². The van der Waals surface area contributed by atoms with Gasteiger partial charge in [-0.1, -0.05) is 18.2 Å². The minimum Gasteiger partial charge on any atom is -0.381 e. The zero-order valence-corrected chi connectivity index (χ0v) is 12.3. The molecule has 19 heavy (non-hydrogen) atoms. The van der Waals surface area contributed by atoms with E-state index in [0.717, 1.165) is 26.2 Å². The van der Waals surface area contributed by atoms with E-state index < -0.39 is 0 Å². The van der Waals surface area contributed by atoms with Crippen molar-refractivity contribution in [1.29, 1.82) is 0 Å². The molecule has 1 unspecified atom stereocenters. The Hall–Kier alpha value is -0.900. The zero-order valence-electron chi connectivity index (χ0n) is 11.4. The predicted molar refractivity (Wildman–Crippen MR) is 81.9 cm³/mol. The van der Waals surface area contributed by atoms with Gasteiger partial charge in [0, 0.05) is 23.3 Å². The summed E-state index contributed by atoms with van der Waals surface area (Å²) in [4.78, 5) is 0. The summed E-state index contributed by atoms with van der Waals surface area (Å²) in [6.07, 6.45) is 3.57. The molecule has 0 amide bonds. The van der Waals surface area contributed by atoms with E-state index in [2.05, 4.69) is 35.0 Å². The van der Waals surface area contributed by atoms with Crippen LogP contribution in [0, 0.1) is 5.41 Å². The number of fused-ring (bicyclic) bond motifs is 1. The van der Waals surface area contributed by atoms with Gasteiger partial charge in [-0.2, -0.15) is 0 Å². The van der Waals surface area contributed by atoms with Crippen molar-refractivity contribution >= 4 is 21.4 Å². The van der Waals surface area contributed by atoms with Crippen molar-refractivity contribution in [2.24, 2.45) is 5.41 Å². The highest BCUT2D eigenvalue weighted by molar-refractivity contribution is 7.17. The molecule has 2 aromatic rings. The quantitative estimate of drug-likeness (QED) is 0.922. The number of thiophene rings is 1. The van der Waals surface area contributed by atoms with Gasteiger partial charge in [0.25, 0.3) is 0 Å². The smallest absolute Gasteiger partial charge is 0.0537 e. The maximum Gasteiger partial charge on any atom is 0.0537 e. The Labute approximate surface area is 118 Å². The third-order valence-corrected chi connectivity index (χ3v) is 5.09. The maximum atomic E-state index is 5.76. The lowest BCUT2D eigenvalue weighted by molar-refractivity contribution is -0.00603. The predicted octanol–water partition coefficient (Wildman–Crippen LogP) is 3.46. The van der Waals surface area contributed by atoms with Crippen molar-refractivity contribution in [1.82, 2.24) is 5.32 Å². The standard InChI is InChI=1S/C16H21NOS/c1-17-11-16(7-4-8-18-12-16)9-13-10-19-15-6-3-2-5-14(13)15/h2-3,5-6,10,17H,4,7-9,11-12H2,1H3. The molecular weight excluding hydrogens is 254 g/mol. The van der Waals surface area contributed by atoms with E-state index in [4.69, 9.17) is 4.74 Å². The van der Waals surface area contributed by atoms with E-state index in [1.807, 2.05) is 18.4 Å². The van der Waals surface area contributed by atoms with E-state index >= 15 is 0 Å². The first-order valence-corrected chi connectivity index (χ1v) is 7.88. The van der Waals surface area contributed by atoms with Gasteiger partial charge in [0.05, 0.1) is 6.61 Å². The van der Waals surface area contributed by atoms with E-state index in [9.17, 15) is 0 Å². The highest BCUT2D eigenvalue weighted by Crippen LogP contribution is 2.36. The average Bonchev–Trinajstić information content (AvgIpc) is 2.83. The van der Waals surface area contributed by atoms with E-state index in [0.29, 0.717) is 0 Å². The van der Waals surface area contributed by atoms with Crippen LogP contribution in [0.15, 0.2) is 29.6 Å². The molecule has 0 spiro atoms. The molecule has 2 nitrogen and oxygen atoms in total. The Morgan fingerprint density at radius 3 is 3.05 bits per heavy atom. The summed E-state index contributed by atoms with van der Waals surface area (Å²) in [5.41, 5.74) is 1.76. The van der Waals surface area contributed by atoms with Crippen LogP contribution >= 0.6 is 11.3 Å². The molecule has 3 heteroatoms. The van der Waals surface area contributed by atoms with Crippen LogP contribution in [0.2, 0.25) is 0 Å². The van der Waals surface area contributed by atoms with Crippen molar-refractivity contribution in [3.8, 4) is 0 Å². The fraction of sp³-hybridized carbons (Fsp3) is 0.500. The first kappa shape index (κ1) is 13.1. The summed E-state index contributed by atoms with van der Waals surface area (Å²) in [5, 5.41) is 7.12. The molecular formula is C16H21NOS. The van der Waals surface area contributed by atoms with Crippen molar-refractivity contribution in [3.63, 3.8) is 0 Å². The van der Waals surface area contributed by atoms with Gasteiger partial charge in [-0.25, -0.2) is 0 Å². The van der Waals surface area contributed by atoms with Crippen LogP contribution < -0.4 is 5.32 Å². The SMILES string of the molecule is CNCC1(Cc2csc3ccccc23)CCCOC1. The molecule has 0 bridgehead atoms. The molecule has 1 aliphatic heterocycles. The molecule has 0 saturated carbocycles. The average molecular weight is 275 g/mol. The van der Waals surface area contributed by atoms with Crippen LogP contribution in [0.5, 0.6) is 0 Å². The summed E-state index contributed by atoms with van der Waals surface area (Å²) in [6, 6.07) is 8.72. The molecule has 102 valence electrons. The van der Waals surface area contributed by atoms with Crippen LogP contribution in [0.3, 0.4) is 0 Å². The Balaban J connectivity index is 1.89. The molecule has 1 N–H and O–H groups in total. The Bertz CT molecular complexity index is 537. The first-order valence-electron chi connectivity index (χ1n) is 7.00. The third kappa shape index (κ3) is 2.69. The maximum absolute atomic E-state index is 5.76. The fourth-order valence-electron chi connectivity index (χ4n) is 3.20. The highest BCUT2D eigenvalue weighted by atomic mass is 32.1. The minimum atomic E-state index is 0.275. The van der Waals surface area contributed by atoms with E-state index in [-0.39, 0.29) is 5.41 Å². The topological polar surface area (TPSA) is 21.3 Å². The van der Waals surface area contributed by atoms with Crippen molar-refractivity contribution in [3.05, 3.63) is 35.2 Å². The first-order chi connectivity index (χ1) is 9.33. The Kier molecular flexibility index (Phi) is 3.87. The molecule has 1 aliphatic rings. The molecule has 1 aromatic heterocycles. The molecule has 3 rings (SSSR count). The number of nitrogens with one attached hydrogen (secondary N) is 1. The Morgan fingerprint density at radius 1 is 1.37 bits per heavy atom. The van der Waals surface area contributed by atoms with Gasteiger partial charge in [-0.05, 0) is 48.7 Å². The summed E-state index contributed by atoms with van der Waals surface area (Å²) in [6.45, 7) is 2.85. The van der Waals surface area contributed by atoms with Crippen LogP contribution in [0.4, 0.5) is 0 Å². The lowest BCUT2D eigenvalue weighted by Crippen LogP contribution is -2.41. The normalized spacial score (nSPS) is 23.8. The van der Waals surface area contributed by atoms with Crippen LogP contribution in [0.25, 0.3) is 10.1 Å². The molecule has 1 fully saturated rings. The summed E-state index contributed by atoms with van der Waals surface area (Å²) in [7, 11) is 2.04. The van der Waals surface area contributed by atoms with Crippen molar-refractivity contribution < 1.29 is 4.74 Å². The second kappa shape index (κ2) is 5.61. The summed E-state index contributed by atoms with van der Waals surface area (Å²) >= 11 is 1.86. The second-order valence-electron chi connectivity index (χ2n) is 5.62. The zero-order chi connectivity index (χ0) is 13.1. The number of hydrogen-bond donors (Lipinski definition) is 1. The highest BCUT2D eigenvalue weighted by Gasteiger charge is 2.33. The lowest BCUT2D eigenvalue weighted by atomic mass is 9.77. The molecule has 1 saturated heterocycles. The van der Waals surface area contributed by atoms with Gasteiger partial charge in [-0.15, -0.1) is 11.3 Å². The van der Waals surface area contributed by atoms with Crippen LogP contribution in [-0.4, -0.2) is 26.8 Å². The van der Waals surface area contributed by atoms with Gasteiger partial charge < -0.3 is 10.1 Å². The van der Waals surface area contributed by atoms with Crippen LogP contribution in [0.1, 0.15) is 18.4 Å². The Morgan fingerprint density at radius 2 is 2.26 bits per heavy atom. The number of hydrogen-bond acceptors (Lipinski definition) is 3. The molecule has 1 atom stereocenters. The summed E-state index contributed by atoms with van der Waals surface area (Å²) < 4.78 is 7.16. The number of ether oxygens (including phenoxy) is 1. The van der Waals surface area contributed by atoms with E-state index in [1.165, 1.54) is 28.5 Å². The van der Waals surface area contributed by atoms with Crippen LogP contribution in [-0.2, 0) is 11.2 Å². The largest absolute Gasteiger partial charge is 0.381 e. The van der Waals surface area contributed by atoms with Gasteiger partial charge >= 0.3 is 0 Å². The monoisotopic (exact) mass is 275 g/mol. The molecule has 0 radical (unpaired) electrons. The van der Waals surface area contributed by atoms with Gasteiger partial charge in [0.2, 0.25) is 0 Å². The number of rotatable bonds is 4. The lowest BCUT2D eigenvalue weighted by Gasteiger charge is -2.37. The molecule has 2 heterocycles. The third-order valence-electron chi connectivity index (χ3n) is 4.08. The van der Waals surface area contributed by atoms with Crippen molar-refractivity contribution in [2.45, 2.75) is 19.3 Å². The van der Waals surface area contributed by atoms with E-state index in [1.54, 1.807) is 0 Å².